The van der Waals surface area contributed by atoms with Crippen LogP contribution in [0.25, 0.3) is 17.0 Å². The molecule has 9 nitrogen and oxygen atoms in total. The zero-order valence-electron chi connectivity index (χ0n) is 15.0. The highest BCUT2D eigenvalue weighted by Gasteiger charge is 2.41. The summed E-state index contributed by atoms with van der Waals surface area (Å²) in [6.07, 6.45) is -1.51. The normalized spacial score (nSPS) is 16.2. The second-order valence-corrected chi connectivity index (χ2v) is 8.58. The van der Waals surface area contributed by atoms with E-state index in [1.807, 2.05) is 0 Å². The zero-order valence-corrected chi connectivity index (χ0v) is 15.8. The van der Waals surface area contributed by atoms with Crippen molar-refractivity contribution in [2.45, 2.75) is 50.1 Å². The van der Waals surface area contributed by atoms with Crippen molar-refractivity contribution >= 4 is 21.1 Å². The van der Waals surface area contributed by atoms with E-state index < -0.39 is 39.6 Å². The molecular weight excluding hydrogens is 396 g/mol. The third kappa shape index (κ3) is 3.02. The number of hydrogen-bond donors (Lipinski definition) is 1. The molecule has 0 aliphatic heterocycles. The number of halogens is 2. The Hall–Kier alpha value is -2.60. The molecule has 1 N–H and O–H groups in total. The molecule has 2 heterocycles. The second-order valence-electron chi connectivity index (χ2n) is 6.90. The summed E-state index contributed by atoms with van der Waals surface area (Å²) >= 11 is 0. The van der Waals surface area contributed by atoms with Crippen molar-refractivity contribution in [3.8, 4) is 6.01 Å². The lowest BCUT2D eigenvalue weighted by molar-refractivity contribution is 0.115. The van der Waals surface area contributed by atoms with E-state index in [4.69, 9.17) is 4.42 Å². The number of nitrogens with one attached hydrogen (secondary N) is 1. The Labute approximate surface area is 158 Å². The number of imidazole rings is 1. The van der Waals surface area contributed by atoms with Crippen molar-refractivity contribution in [2.75, 3.05) is 0 Å². The summed E-state index contributed by atoms with van der Waals surface area (Å²) in [5.41, 5.74) is -0.485. The van der Waals surface area contributed by atoms with E-state index in [-0.39, 0.29) is 17.0 Å². The van der Waals surface area contributed by atoms with Gasteiger partial charge in [-0.2, -0.15) is 8.78 Å². The van der Waals surface area contributed by atoms with Crippen molar-refractivity contribution < 1.29 is 21.6 Å². The van der Waals surface area contributed by atoms with E-state index in [1.54, 1.807) is 13.8 Å². The Morgan fingerprint density at radius 3 is 2.57 bits per heavy atom. The van der Waals surface area contributed by atoms with Gasteiger partial charge in [-0.15, -0.1) is 5.10 Å². The quantitative estimate of drug-likeness (QED) is 0.661. The van der Waals surface area contributed by atoms with Crippen LogP contribution in [0.5, 0.6) is 0 Å². The number of sulfonamides is 1. The molecule has 4 rings (SSSR count). The summed E-state index contributed by atoms with van der Waals surface area (Å²) < 4.78 is 60.8. The molecule has 150 valence electrons. The molecule has 0 atom stereocenters. The van der Waals surface area contributed by atoms with Crippen LogP contribution in [0.4, 0.5) is 8.78 Å². The number of alkyl halides is 2. The van der Waals surface area contributed by atoms with Crippen LogP contribution in [0, 0.1) is 0 Å². The molecule has 1 saturated carbocycles. The van der Waals surface area contributed by atoms with Gasteiger partial charge in [-0.25, -0.2) is 22.5 Å². The lowest BCUT2D eigenvalue weighted by Gasteiger charge is -2.12. The number of fused-ring (bicyclic) bond motifs is 1. The molecule has 12 heteroatoms. The van der Waals surface area contributed by atoms with E-state index in [0.717, 1.165) is 17.4 Å². The zero-order chi connectivity index (χ0) is 20.3. The van der Waals surface area contributed by atoms with Gasteiger partial charge >= 0.3 is 18.1 Å². The highest BCUT2D eigenvalue weighted by molar-refractivity contribution is 7.89. The van der Waals surface area contributed by atoms with E-state index in [1.165, 1.54) is 22.8 Å². The maximum atomic E-state index is 12.8. The predicted octanol–water partition coefficient (Wildman–Crippen LogP) is 1.96. The Morgan fingerprint density at radius 1 is 1.29 bits per heavy atom. The van der Waals surface area contributed by atoms with Crippen LogP contribution >= 0.6 is 0 Å². The van der Waals surface area contributed by atoms with Crippen molar-refractivity contribution in [1.29, 1.82) is 0 Å². The van der Waals surface area contributed by atoms with Crippen LogP contribution in [0.1, 0.15) is 39.0 Å². The van der Waals surface area contributed by atoms with Crippen LogP contribution in [-0.4, -0.2) is 33.3 Å². The van der Waals surface area contributed by atoms with Gasteiger partial charge in [0.1, 0.15) is 0 Å². The fourth-order valence-corrected chi connectivity index (χ4v) is 4.46. The average Bonchev–Trinajstić information content (AvgIpc) is 3.06. The molecule has 0 amide bonds. The molecule has 0 spiro atoms. The highest BCUT2D eigenvalue weighted by atomic mass is 32.2. The topological polar surface area (TPSA) is 112 Å². The van der Waals surface area contributed by atoms with Crippen LogP contribution in [0.3, 0.4) is 0 Å². The Bertz CT molecular complexity index is 1220. The molecule has 28 heavy (non-hydrogen) atoms. The van der Waals surface area contributed by atoms with E-state index in [2.05, 4.69) is 14.9 Å². The first-order valence-electron chi connectivity index (χ1n) is 8.56. The standard InChI is InChI=1S/C16H17F2N5O4S/c1-3-22-10-5-4-9(28(25,26)21-16(2)6-7-16)8-11(10)23(15(22)24)14-20-19-13(27-14)12(17)18/h4-5,8,12,21H,3,6-7H2,1-2H3. The highest BCUT2D eigenvalue weighted by Crippen LogP contribution is 2.36. The molecule has 1 fully saturated rings. The summed E-state index contributed by atoms with van der Waals surface area (Å²) in [5.74, 6) is -0.925. The third-order valence-electron chi connectivity index (χ3n) is 4.72. The maximum Gasteiger partial charge on any atom is 0.337 e. The van der Waals surface area contributed by atoms with Gasteiger partial charge < -0.3 is 4.42 Å². The maximum absolute atomic E-state index is 12.8. The summed E-state index contributed by atoms with van der Waals surface area (Å²) in [7, 11) is -3.83. The number of aryl methyl sites for hydroxylation is 1. The molecule has 0 unspecified atom stereocenters. The number of nitrogens with zero attached hydrogens (tertiary/aromatic N) is 4. The number of hydrogen-bond acceptors (Lipinski definition) is 6. The first-order valence-corrected chi connectivity index (χ1v) is 10.0. The van der Waals surface area contributed by atoms with Crippen molar-refractivity contribution in [3.63, 3.8) is 0 Å². The SMILES string of the molecule is CCn1c(=O)n(-c2nnc(C(F)F)o2)c2cc(S(=O)(=O)NC3(C)CC3)ccc21. The van der Waals surface area contributed by atoms with E-state index in [9.17, 15) is 22.0 Å². The fraction of sp³-hybridized carbons (Fsp3) is 0.438. The smallest absolute Gasteiger partial charge is 0.337 e. The first-order chi connectivity index (χ1) is 13.1. The van der Waals surface area contributed by atoms with Crippen LogP contribution in [0.2, 0.25) is 0 Å². The molecule has 1 aromatic carbocycles. The van der Waals surface area contributed by atoms with Gasteiger partial charge in [-0.1, -0.05) is 5.10 Å². The van der Waals surface area contributed by atoms with Crippen molar-refractivity contribution in [2.24, 2.45) is 0 Å². The monoisotopic (exact) mass is 413 g/mol. The van der Waals surface area contributed by atoms with Crippen molar-refractivity contribution in [1.82, 2.24) is 24.1 Å². The predicted molar refractivity (Wildman–Crippen MR) is 94.0 cm³/mol. The minimum Gasteiger partial charge on any atom is -0.401 e. The van der Waals surface area contributed by atoms with Crippen LogP contribution < -0.4 is 10.4 Å². The molecule has 0 saturated heterocycles. The average molecular weight is 413 g/mol. The summed E-state index contributed by atoms with van der Waals surface area (Å²) in [5, 5.41) is 6.75. The molecule has 0 radical (unpaired) electrons. The molecule has 2 aromatic heterocycles. The van der Waals surface area contributed by atoms with Gasteiger partial charge in [0.2, 0.25) is 10.0 Å². The van der Waals surface area contributed by atoms with Gasteiger partial charge in [0.05, 0.1) is 15.9 Å². The number of rotatable bonds is 6. The number of aromatic nitrogens is 4. The Morgan fingerprint density at radius 2 is 2.00 bits per heavy atom. The largest absolute Gasteiger partial charge is 0.401 e. The van der Waals surface area contributed by atoms with Crippen LogP contribution in [-0.2, 0) is 16.6 Å². The third-order valence-corrected chi connectivity index (χ3v) is 6.35. The van der Waals surface area contributed by atoms with Gasteiger partial charge in [-0.05, 0) is 44.9 Å². The van der Waals surface area contributed by atoms with Crippen LogP contribution in [0.15, 0.2) is 32.3 Å². The van der Waals surface area contributed by atoms with Gasteiger partial charge in [0, 0.05) is 12.1 Å². The first kappa shape index (κ1) is 18.7. The molecule has 1 aliphatic carbocycles. The molecule has 1 aliphatic rings. The van der Waals surface area contributed by atoms with Gasteiger partial charge in [0.25, 0.3) is 5.89 Å². The second kappa shape index (κ2) is 6.21. The number of benzene rings is 1. The summed E-state index contributed by atoms with van der Waals surface area (Å²) in [4.78, 5) is 12.7. The van der Waals surface area contributed by atoms with Gasteiger partial charge in [-0.3, -0.25) is 4.57 Å². The minimum absolute atomic E-state index is 0.0521. The van der Waals surface area contributed by atoms with Crippen molar-refractivity contribution in [3.05, 3.63) is 34.6 Å². The summed E-state index contributed by atoms with van der Waals surface area (Å²) in [6, 6.07) is 3.73. The molecule has 0 bridgehead atoms. The fourth-order valence-electron chi connectivity index (χ4n) is 2.97. The molecule has 3 aromatic rings. The van der Waals surface area contributed by atoms with E-state index >= 15 is 0 Å². The molecular formula is C16H17F2N5O4S. The van der Waals surface area contributed by atoms with Gasteiger partial charge in [0.15, 0.2) is 0 Å². The lowest BCUT2D eigenvalue weighted by atomic mass is 10.3. The minimum atomic E-state index is -3.83. The Balaban J connectivity index is 1.91. The van der Waals surface area contributed by atoms with E-state index in [0.29, 0.717) is 5.52 Å². The Kier molecular flexibility index (Phi) is 4.16. The summed E-state index contributed by atoms with van der Waals surface area (Å²) in [6.45, 7) is 3.81. The lowest BCUT2D eigenvalue weighted by Crippen LogP contribution is -2.34.